The van der Waals surface area contributed by atoms with Crippen LogP contribution in [0.5, 0.6) is 0 Å². The Balaban J connectivity index is 3.82. The lowest BCUT2D eigenvalue weighted by atomic mass is 10.1. The highest BCUT2D eigenvalue weighted by molar-refractivity contribution is 5.87. The van der Waals surface area contributed by atoms with Gasteiger partial charge in [-0.15, -0.1) is 0 Å². The van der Waals surface area contributed by atoms with E-state index in [1.165, 1.54) is 64.7 Å². The van der Waals surface area contributed by atoms with Crippen molar-refractivity contribution in [2.24, 2.45) is 0 Å². The summed E-state index contributed by atoms with van der Waals surface area (Å²) in [4.78, 5) is 35.0. The second kappa shape index (κ2) is 22.7. The monoisotopic (exact) mass is 480 g/mol. The number of esters is 3. The summed E-state index contributed by atoms with van der Waals surface area (Å²) in [7, 11) is 0. The molecule has 0 heterocycles. The molecule has 34 heavy (non-hydrogen) atoms. The lowest BCUT2D eigenvalue weighted by Crippen LogP contribution is -2.30. The Morgan fingerprint density at radius 1 is 0.735 bits per heavy atom. The minimum absolute atomic E-state index is 0.125. The van der Waals surface area contributed by atoms with Crippen LogP contribution in [0.1, 0.15) is 118 Å². The molecule has 0 rings (SSSR count). The van der Waals surface area contributed by atoms with Crippen LogP contribution in [0, 0.1) is 0 Å². The van der Waals surface area contributed by atoms with Crippen molar-refractivity contribution < 1.29 is 28.6 Å². The molecule has 0 saturated heterocycles. The topological polar surface area (TPSA) is 78.9 Å². The predicted octanol–water partition coefficient (Wildman–Crippen LogP) is 7.01. The van der Waals surface area contributed by atoms with Crippen molar-refractivity contribution >= 4 is 17.9 Å². The zero-order chi connectivity index (χ0) is 25.4. The Hall–Kier alpha value is -2.11. The summed E-state index contributed by atoms with van der Waals surface area (Å²) in [5.74, 6) is -1.33. The number of carbonyl (C=O) groups excluding carboxylic acids is 3. The van der Waals surface area contributed by atoms with Crippen LogP contribution >= 0.6 is 0 Å². The summed E-state index contributed by atoms with van der Waals surface area (Å²) in [5, 5.41) is 0. The second-order valence-electron chi connectivity index (χ2n) is 8.82. The maximum absolute atomic E-state index is 12.0. The highest BCUT2D eigenvalue weighted by Crippen LogP contribution is 2.11. The van der Waals surface area contributed by atoms with E-state index in [1.54, 1.807) is 19.9 Å². The van der Waals surface area contributed by atoms with Crippen LogP contribution < -0.4 is 0 Å². The highest BCUT2D eigenvalue weighted by Gasteiger charge is 2.19. The van der Waals surface area contributed by atoms with Crippen LogP contribution in [0.3, 0.4) is 0 Å². The van der Waals surface area contributed by atoms with Crippen LogP contribution in [0.4, 0.5) is 0 Å². The highest BCUT2D eigenvalue weighted by atomic mass is 16.6. The molecular weight excluding hydrogens is 432 g/mol. The van der Waals surface area contributed by atoms with Gasteiger partial charge >= 0.3 is 17.9 Å². The average molecular weight is 481 g/mol. The van der Waals surface area contributed by atoms with E-state index in [2.05, 4.69) is 19.1 Å². The first kappa shape index (κ1) is 31.9. The van der Waals surface area contributed by atoms with Gasteiger partial charge in [0, 0.05) is 18.9 Å². The zero-order valence-electron chi connectivity index (χ0n) is 22.1. The fourth-order valence-electron chi connectivity index (χ4n) is 3.29. The van der Waals surface area contributed by atoms with Gasteiger partial charge in [0.05, 0.1) is 0 Å². The van der Waals surface area contributed by atoms with Crippen LogP contribution in [0.2, 0.25) is 0 Å². The van der Waals surface area contributed by atoms with Gasteiger partial charge in [0.25, 0.3) is 0 Å². The van der Waals surface area contributed by atoms with E-state index in [0.29, 0.717) is 12.0 Å². The van der Waals surface area contributed by atoms with Crippen molar-refractivity contribution in [3.63, 3.8) is 0 Å². The number of rotatable bonds is 21. The Morgan fingerprint density at radius 3 is 1.82 bits per heavy atom. The minimum atomic E-state index is -0.815. The first-order valence-electron chi connectivity index (χ1n) is 13.2. The lowest BCUT2D eigenvalue weighted by molar-refractivity contribution is -0.163. The number of ether oxygens (including phenoxy) is 3. The molecule has 0 N–H and O–H groups in total. The van der Waals surface area contributed by atoms with E-state index >= 15 is 0 Å². The summed E-state index contributed by atoms with van der Waals surface area (Å²) >= 11 is 0. The molecule has 0 saturated carbocycles. The molecule has 0 unspecified atom stereocenters. The maximum atomic E-state index is 12.0. The van der Waals surface area contributed by atoms with E-state index in [4.69, 9.17) is 14.2 Å². The third kappa shape index (κ3) is 20.5. The van der Waals surface area contributed by atoms with E-state index in [9.17, 15) is 14.4 Å². The first-order valence-corrected chi connectivity index (χ1v) is 13.2. The summed E-state index contributed by atoms with van der Waals surface area (Å²) in [5.41, 5.74) is 0.437. The van der Waals surface area contributed by atoms with Crippen LogP contribution in [-0.4, -0.2) is 37.2 Å². The molecule has 0 aromatic carbocycles. The molecule has 1 atom stereocenters. The number of unbranched alkanes of at least 4 members (excludes halogenated alkanes) is 11. The van der Waals surface area contributed by atoms with Gasteiger partial charge in [0.15, 0.2) is 6.10 Å². The van der Waals surface area contributed by atoms with Crippen molar-refractivity contribution in [1.82, 2.24) is 0 Å². The van der Waals surface area contributed by atoms with Crippen LogP contribution in [-0.2, 0) is 28.6 Å². The van der Waals surface area contributed by atoms with Gasteiger partial charge in [-0.05, 0) is 46.0 Å². The Morgan fingerprint density at radius 2 is 1.26 bits per heavy atom. The number of hydrogen-bond donors (Lipinski definition) is 0. The van der Waals surface area contributed by atoms with Gasteiger partial charge in [0.1, 0.15) is 13.2 Å². The SMILES string of the molecule is C/C=C(\C)C(=O)O[C@@H](COC(C)=O)COC(=O)CCCCCCC/C=C\CCCCCCCC. The van der Waals surface area contributed by atoms with E-state index in [-0.39, 0.29) is 19.2 Å². The molecule has 0 aromatic heterocycles. The van der Waals surface area contributed by atoms with Gasteiger partial charge in [-0.25, -0.2) is 4.79 Å². The first-order chi connectivity index (χ1) is 16.4. The third-order valence-electron chi connectivity index (χ3n) is 5.57. The van der Waals surface area contributed by atoms with Gasteiger partial charge in [0.2, 0.25) is 0 Å². The number of allylic oxidation sites excluding steroid dienone is 3. The summed E-state index contributed by atoms with van der Waals surface area (Å²) in [6, 6.07) is 0. The van der Waals surface area contributed by atoms with Crippen molar-refractivity contribution in [3.8, 4) is 0 Å². The molecule has 0 radical (unpaired) electrons. The molecule has 0 amide bonds. The predicted molar refractivity (Wildman–Crippen MR) is 136 cm³/mol. The van der Waals surface area contributed by atoms with Gasteiger partial charge < -0.3 is 14.2 Å². The zero-order valence-corrected chi connectivity index (χ0v) is 22.1. The smallest absolute Gasteiger partial charge is 0.333 e. The molecule has 0 aliphatic carbocycles. The van der Waals surface area contributed by atoms with Crippen LogP contribution in [0.15, 0.2) is 23.8 Å². The molecule has 0 aromatic rings. The quantitative estimate of drug-likeness (QED) is 0.0578. The minimum Gasteiger partial charge on any atom is -0.462 e. The van der Waals surface area contributed by atoms with E-state index in [1.807, 2.05) is 0 Å². The second-order valence-corrected chi connectivity index (χ2v) is 8.82. The third-order valence-corrected chi connectivity index (χ3v) is 5.57. The number of carbonyl (C=O) groups is 3. The van der Waals surface area contributed by atoms with Gasteiger partial charge in [-0.2, -0.15) is 0 Å². The average Bonchev–Trinajstić information content (AvgIpc) is 2.82. The van der Waals surface area contributed by atoms with E-state index in [0.717, 1.165) is 25.7 Å². The molecule has 0 bridgehead atoms. The van der Waals surface area contributed by atoms with E-state index < -0.39 is 18.0 Å². The Labute approximate surface area is 207 Å². The molecule has 196 valence electrons. The van der Waals surface area contributed by atoms with Crippen LogP contribution in [0.25, 0.3) is 0 Å². The number of hydrogen-bond acceptors (Lipinski definition) is 6. The Kier molecular flexibility index (Phi) is 21.3. The molecular formula is C28H48O6. The van der Waals surface area contributed by atoms with Gasteiger partial charge in [-0.3, -0.25) is 9.59 Å². The maximum Gasteiger partial charge on any atom is 0.333 e. The molecule has 0 aliphatic rings. The summed E-state index contributed by atoms with van der Waals surface area (Å²) in [6.07, 6.45) is 21.4. The molecule has 6 heteroatoms. The van der Waals surface area contributed by atoms with Crippen molar-refractivity contribution in [1.29, 1.82) is 0 Å². The molecule has 0 aliphatic heterocycles. The van der Waals surface area contributed by atoms with Crippen molar-refractivity contribution in [3.05, 3.63) is 23.8 Å². The normalized spacial score (nSPS) is 12.5. The van der Waals surface area contributed by atoms with Gasteiger partial charge in [-0.1, -0.05) is 76.5 Å². The molecule has 0 spiro atoms. The van der Waals surface area contributed by atoms with Crippen molar-refractivity contribution in [2.75, 3.05) is 13.2 Å². The largest absolute Gasteiger partial charge is 0.462 e. The summed E-state index contributed by atoms with van der Waals surface area (Å²) < 4.78 is 15.4. The summed E-state index contributed by atoms with van der Waals surface area (Å²) in [6.45, 7) is 6.61. The molecule has 6 nitrogen and oxygen atoms in total. The lowest BCUT2D eigenvalue weighted by Gasteiger charge is -2.18. The Bertz CT molecular complexity index is 608. The fourth-order valence-corrected chi connectivity index (χ4v) is 3.29. The standard InChI is InChI=1S/C28H48O6/c1-5-7-8-9-10-11-12-13-14-15-16-17-18-19-20-21-27(30)33-23-26(22-32-25(4)29)34-28(31)24(3)6-2/h6,13-14,26H,5,7-12,15-23H2,1-4H3/b14-13-,24-6+/t26-/m0/s1. The molecule has 0 fully saturated rings. The fraction of sp³-hybridized carbons (Fsp3) is 0.750. The van der Waals surface area contributed by atoms with Crippen molar-refractivity contribution in [2.45, 2.75) is 124 Å².